The van der Waals surface area contributed by atoms with Crippen molar-refractivity contribution in [1.82, 2.24) is 9.80 Å². The summed E-state index contributed by atoms with van der Waals surface area (Å²) in [7, 11) is 0. The highest BCUT2D eigenvalue weighted by Crippen LogP contribution is 2.31. The largest absolute Gasteiger partial charge is 0.444 e. The van der Waals surface area contributed by atoms with Crippen LogP contribution in [0.15, 0.2) is 21.2 Å². The highest BCUT2D eigenvalue weighted by atomic mass is 79.9. The van der Waals surface area contributed by atoms with E-state index >= 15 is 0 Å². The fraction of sp³-hybridized carbons (Fsp3) is 0.667. The van der Waals surface area contributed by atoms with Gasteiger partial charge in [0.1, 0.15) is 0 Å². The first kappa shape index (κ1) is 14.1. The molecule has 0 spiro atoms. The van der Waals surface area contributed by atoms with Gasteiger partial charge in [-0.15, -0.1) is 0 Å². The first-order valence-electron chi connectivity index (χ1n) is 7.51. The number of furan rings is 1. The maximum absolute atomic E-state index is 12.6. The van der Waals surface area contributed by atoms with Crippen molar-refractivity contribution in [1.29, 1.82) is 0 Å². The minimum atomic E-state index is 0.0427. The lowest BCUT2D eigenvalue weighted by Gasteiger charge is -2.34. The van der Waals surface area contributed by atoms with Crippen LogP contribution in [-0.2, 0) is 0 Å². The third-order valence-electron chi connectivity index (χ3n) is 4.61. The number of nitrogens with zero attached hydrogens (tertiary/aromatic N) is 2. The molecule has 1 amide bonds. The molecule has 3 heterocycles. The molecule has 0 N–H and O–H groups in total. The van der Waals surface area contributed by atoms with Gasteiger partial charge in [0, 0.05) is 18.6 Å². The summed E-state index contributed by atoms with van der Waals surface area (Å²) < 4.78 is 6.05. The molecule has 1 aromatic heterocycles. The van der Waals surface area contributed by atoms with Crippen molar-refractivity contribution in [3.8, 4) is 0 Å². The summed E-state index contributed by atoms with van der Waals surface area (Å²) in [5.74, 6) is 0.492. The molecule has 2 saturated heterocycles. The van der Waals surface area contributed by atoms with Crippen LogP contribution in [0.2, 0.25) is 0 Å². The summed E-state index contributed by atoms with van der Waals surface area (Å²) in [4.78, 5) is 17.2. The van der Waals surface area contributed by atoms with Crippen molar-refractivity contribution >= 4 is 21.8 Å². The number of likely N-dealkylation sites (tertiary alicyclic amines) is 2. The Bertz CT molecular complexity index is 488. The van der Waals surface area contributed by atoms with Gasteiger partial charge >= 0.3 is 0 Å². The minimum Gasteiger partial charge on any atom is -0.444 e. The standard InChI is InChI=1S/C15H21BrN2O2/c1-2-17-9-3-5-11(17)12-6-4-10-18(12)15(19)13-7-8-14(16)20-13/h7-8,11-12H,2-6,9-10H2,1H3/t11-,12+/m0/s1. The van der Waals surface area contributed by atoms with Gasteiger partial charge in [-0.05, 0) is 66.8 Å². The zero-order valence-electron chi connectivity index (χ0n) is 11.8. The number of hydrogen-bond acceptors (Lipinski definition) is 3. The second kappa shape index (κ2) is 5.90. The van der Waals surface area contributed by atoms with Crippen LogP contribution in [0.25, 0.3) is 0 Å². The highest BCUT2D eigenvalue weighted by molar-refractivity contribution is 9.10. The molecule has 1 aromatic rings. The van der Waals surface area contributed by atoms with Gasteiger partial charge in [0.25, 0.3) is 5.91 Å². The van der Waals surface area contributed by atoms with E-state index in [0.717, 1.165) is 25.9 Å². The van der Waals surface area contributed by atoms with Crippen molar-refractivity contribution in [2.24, 2.45) is 0 Å². The van der Waals surface area contributed by atoms with Crippen LogP contribution in [0.1, 0.15) is 43.2 Å². The Morgan fingerprint density at radius 3 is 2.75 bits per heavy atom. The monoisotopic (exact) mass is 340 g/mol. The third-order valence-corrected chi connectivity index (χ3v) is 5.03. The Labute approximate surface area is 128 Å². The summed E-state index contributed by atoms with van der Waals surface area (Å²) in [5, 5.41) is 0. The van der Waals surface area contributed by atoms with Crippen LogP contribution in [0.4, 0.5) is 0 Å². The lowest BCUT2D eigenvalue weighted by atomic mass is 10.0. The number of amides is 1. The summed E-state index contributed by atoms with van der Waals surface area (Å²) in [6.07, 6.45) is 4.69. The van der Waals surface area contributed by atoms with Gasteiger partial charge in [-0.3, -0.25) is 9.69 Å². The predicted octanol–water partition coefficient (Wildman–Crippen LogP) is 3.13. The van der Waals surface area contributed by atoms with Gasteiger partial charge in [-0.1, -0.05) is 6.92 Å². The Balaban J connectivity index is 1.77. The zero-order chi connectivity index (χ0) is 14.1. The maximum atomic E-state index is 12.6. The molecule has 2 atom stereocenters. The number of rotatable bonds is 3. The fourth-order valence-corrected chi connectivity index (χ4v) is 4.00. The van der Waals surface area contributed by atoms with Crippen molar-refractivity contribution in [3.63, 3.8) is 0 Å². The van der Waals surface area contributed by atoms with Gasteiger partial charge in [-0.2, -0.15) is 0 Å². The Kier molecular flexibility index (Phi) is 4.17. The van der Waals surface area contributed by atoms with E-state index in [-0.39, 0.29) is 5.91 Å². The molecule has 5 heteroatoms. The molecule has 0 bridgehead atoms. The van der Waals surface area contributed by atoms with Crippen LogP contribution in [0, 0.1) is 0 Å². The highest BCUT2D eigenvalue weighted by Gasteiger charge is 2.39. The molecular formula is C15H21BrN2O2. The van der Waals surface area contributed by atoms with Crippen molar-refractivity contribution in [2.75, 3.05) is 19.6 Å². The lowest BCUT2D eigenvalue weighted by molar-refractivity contribution is 0.0617. The molecule has 20 heavy (non-hydrogen) atoms. The molecule has 2 fully saturated rings. The minimum absolute atomic E-state index is 0.0427. The molecule has 0 aromatic carbocycles. The number of carbonyl (C=O) groups is 1. The molecule has 0 aliphatic carbocycles. The second-order valence-corrected chi connectivity index (χ2v) is 6.43. The van der Waals surface area contributed by atoms with E-state index in [1.54, 1.807) is 12.1 Å². The summed E-state index contributed by atoms with van der Waals surface area (Å²) in [5.41, 5.74) is 0. The van der Waals surface area contributed by atoms with E-state index in [1.165, 1.54) is 19.4 Å². The Morgan fingerprint density at radius 1 is 1.30 bits per heavy atom. The van der Waals surface area contributed by atoms with Crippen molar-refractivity contribution < 1.29 is 9.21 Å². The summed E-state index contributed by atoms with van der Waals surface area (Å²) in [6, 6.07) is 4.43. The van der Waals surface area contributed by atoms with E-state index in [9.17, 15) is 4.79 Å². The summed E-state index contributed by atoms with van der Waals surface area (Å²) >= 11 is 3.27. The average molecular weight is 341 g/mol. The van der Waals surface area contributed by atoms with Gasteiger partial charge in [0.05, 0.1) is 0 Å². The van der Waals surface area contributed by atoms with E-state index in [1.807, 2.05) is 4.90 Å². The Morgan fingerprint density at radius 2 is 2.05 bits per heavy atom. The first-order valence-corrected chi connectivity index (χ1v) is 8.30. The molecule has 0 unspecified atom stereocenters. The predicted molar refractivity (Wildman–Crippen MR) is 80.7 cm³/mol. The molecule has 110 valence electrons. The average Bonchev–Trinajstić information content (AvgIpc) is 3.16. The van der Waals surface area contributed by atoms with Crippen molar-refractivity contribution in [3.05, 3.63) is 22.6 Å². The van der Waals surface area contributed by atoms with Gasteiger partial charge in [0.15, 0.2) is 10.4 Å². The number of likely N-dealkylation sites (N-methyl/N-ethyl adjacent to an activating group) is 1. The first-order chi connectivity index (χ1) is 9.70. The van der Waals surface area contributed by atoms with E-state index < -0.39 is 0 Å². The SMILES string of the molecule is CCN1CCC[C@H]1[C@H]1CCCN1C(=O)c1ccc(Br)o1. The van der Waals surface area contributed by atoms with Crippen LogP contribution >= 0.6 is 15.9 Å². The van der Waals surface area contributed by atoms with E-state index in [4.69, 9.17) is 4.42 Å². The number of carbonyl (C=O) groups excluding carboxylic acids is 1. The molecule has 0 radical (unpaired) electrons. The maximum Gasteiger partial charge on any atom is 0.289 e. The van der Waals surface area contributed by atoms with Crippen molar-refractivity contribution in [2.45, 2.75) is 44.7 Å². The quantitative estimate of drug-likeness (QED) is 0.848. The number of halogens is 1. The molecule has 2 aliphatic heterocycles. The van der Waals surface area contributed by atoms with Crippen LogP contribution in [0.3, 0.4) is 0 Å². The van der Waals surface area contributed by atoms with Gasteiger partial charge < -0.3 is 9.32 Å². The smallest absolute Gasteiger partial charge is 0.289 e. The lowest BCUT2D eigenvalue weighted by Crippen LogP contribution is -2.48. The molecule has 2 aliphatic rings. The molecule has 3 rings (SSSR count). The van der Waals surface area contributed by atoms with Crippen LogP contribution in [0.5, 0.6) is 0 Å². The van der Waals surface area contributed by atoms with Gasteiger partial charge in [0.2, 0.25) is 0 Å². The topological polar surface area (TPSA) is 36.7 Å². The van der Waals surface area contributed by atoms with E-state index in [2.05, 4.69) is 27.8 Å². The molecule has 4 nitrogen and oxygen atoms in total. The molecular weight excluding hydrogens is 320 g/mol. The molecule has 0 saturated carbocycles. The van der Waals surface area contributed by atoms with Gasteiger partial charge in [-0.25, -0.2) is 0 Å². The Hall–Kier alpha value is -0.810. The number of hydrogen-bond donors (Lipinski definition) is 0. The summed E-state index contributed by atoms with van der Waals surface area (Å²) in [6.45, 7) is 5.32. The normalized spacial score (nSPS) is 27.4. The fourth-order valence-electron chi connectivity index (χ4n) is 3.70. The third kappa shape index (κ3) is 2.53. The van der Waals surface area contributed by atoms with E-state index in [0.29, 0.717) is 22.5 Å². The second-order valence-electron chi connectivity index (χ2n) is 5.65. The van der Waals surface area contributed by atoms with Crippen LogP contribution < -0.4 is 0 Å². The zero-order valence-corrected chi connectivity index (χ0v) is 13.4. The van der Waals surface area contributed by atoms with Crippen LogP contribution in [-0.4, -0.2) is 47.4 Å².